The van der Waals surface area contributed by atoms with Crippen LogP contribution in [0.2, 0.25) is 0 Å². The zero-order valence-electron chi connectivity index (χ0n) is 8.10. The lowest BCUT2D eigenvalue weighted by Crippen LogP contribution is -2.47. The third kappa shape index (κ3) is 4.20. The molecule has 0 spiro atoms. The zero-order valence-corrected chi connectivity index (χ0v) is 8.10. The van der Waals surface area contributed by atoms with Crippen molar-refractivity contribution >= 4 is 11.9 Å². The van der Waals surface area contributed by atoms with E-state index in [0.29, 0.717) is 0 Å². The van der Waals surface area contributed by atoms with Crippen LogP contribution in [0.5, 0.6) is 0 Å². The summed E-state index contributed by atoms with van der Waals surface area (Å²) in [7, 11) is 0. The molecule has 0 rings (SSSR count). The van der Waals surface area contributed by atoms with Crippen LogP contribution in [0.4, 0.5) is 0 Å². The van der Waals surface area contributed by atoms with E-state index in [1.165, 1.54) is 13.8 Å². The number of rotatable bonds is 6. The number of carboxylic acids is 2. The average Bonchev–Trinajstić information content (AvgIpc) is 2.02. The Kier molecular flexibility index (Phi) is 5.11. The summed E-state index contributed by atoms with van der Waals surface area (Å²) in [5.41, 5.74) is 0. The molecule has 0 aromatic carbocycles. The maximum absolute atomic E-state index is 10.7. The third-order valence-corrected chi connectivity index (χ3v) is 2.03. The Morgan fingerprint density at radius 1 is 1.29 bits per heavy atom. The molecule has 6 nitrogen and oxygen atoms in total. The minimum Gasteiger partial charge on any atom is -0.480 e. The van der Waals surface area contributed by atoms with Gasteiger partial charge in [-0.25, -0.2) is 0 Å². The number of carboxylic acid groups (broad SMARTS) is 2. The molecule has 6 heteroatoms. The van der Waals surface area contributed by atoms with Crippen molar-refractivity contribution in [1.29, 1.82) is 0 Å². The van der Waals surface area contributed by atoms with Crippen molar-refractivity contribution < 1.29 is 24.9 Å². The molecule has 0 saturated carbocycles. The SMILES string of the molecule is C[C@@H]([C@H](C)O)[C@H](NCC(=O)O)C(=O)O. The summed E-state index contributed by atoms with van der Waals surface area (Å²) in [5.74, 6) is -2.85. The highest BCUT2D eigenvalue weighted by atomic mass is 16.4. The zero-order chi connectivity index (χ0) is 11.3. The first kappa shape index (κ1) is 12.9. The molecule has 0 bridgehead atoms. The Morgan fingerprint density at radius 3 is 2.07 bits per heavy atom. The van der Waals surface area contributed by atoms with Crippen molar-refractivity contribution in [2.75, 3.05) is 6.54 Å². The summed E-state index contributed by atoms with van der Waals surface area (Å²) in [4.78, 5) is 20.9. The van der Waals surface area contributed by atoms with Gasteiger partial charge in [0.15, 0.2) is 0 Å². The van der Waals surface area contributed by atoms with Gasteiger partial charge < -0.3 is 15.3 Å². The number of nitrogens with one attached hydrogen (secondary N) is 1. The van der Waals surface area contributed by atoms with Gasteiger partial charge in [0.2, 0.25) is 0 Å². The van der Waals surface area contributed by atoms with E-state index in [9.17, 15) is 9.59 Å². The van der Waals surface area contributed by atoms with Crippen molar-refractivity contribution in [2.24, 2.45) is 5.92 Å². The van der Waals surface area contributed by atoms with Gasteiger partial charge in [-0.2, -0.15) is 0 Å². The first-order chi connectivity index (χ1) is 6.36. The molecule has 0 unspecified atom stereocenters. The number of aliphatic carboxylic acids is 2. The summed E-state index contributed by atoms with van der Waals surface area (Å²) in [6, 6.07) is -1.05. The van der Waals surface area contributed by atoms with Crippen LogP contribution in [0, 0.1) is 5.92 Å². The molecule has 0 saturated heterocycles. The summed E-state index contributed by atoms with van der Waals surface area (Å²) < 4.78 is 0. The van der Waals surface area contributed by atoms with E-state index in [2.05, 4.69) is 5.32 Å². The maximum atomic E-state index is 10.7. The van der Waals surface area contributed by atoms with Gasteiger partial charge in [-0.15, -0.1) is 0 Å². The fourth-order valence-corrected chi connectivity index (χ4v) is 0.974. The normalized spacial score (nSPS) is 17.1. The lowest BCUT2D eigenvalue weighted by Gasteiger charge is -2.22. The minimum absolute atomic E-state index is 0.436. The second kappa shape index (κ2) is 5.56. The molecule has 0 amide bonds. The van der Waals surface area contributed by atoms with E-state index in [1.807, 2.05) is 0 Å². The Bertz CT molecular complexity index is 216. The number of hydrogen-bond donors (Lipinski definition) is 4. The Labute approximate surface area is 81.5 Å². The Morgan fingerprint density at radius 2 is 1.79 bits per heavy atom. The van der Waals surface area contributed by atoms with Crippen molar-refractivity contribution in [3.05, 3.63) is 0 Å². The molecule has 0 aliphatic heterocycles. The largest absolute Gasteiger partial charge is 0.480 e. The number of carbonyl (C=O) groups is 2. The molecule has 0 aromatic rings. The van der Waals surface area contributed by atoms with Crippen molar-refractivity contribution in [3.63, 3.8) is 0 Å². The smallest absolute Gasteiger partial charge is 0.321 e. The molecule has 3 atom stereocenters. The Balaban J connectivity index is 4.29. The third-order valence-electron chi connectivity index (χ3n) is 2.03. The highest BCUT2D eigenvalue weighted by molar-refractivity contribution is 5.75. The summed E-state index contributed by atoms with van der Waals surface area (Å²) in [6.07, 6.45) is -0.808. The van der Waals surface area contributed by atoms with Gasteiger partial charge in [-0.05, 0) is 6.92 Å². The second-order valence-electron chi connectivity index (χ2n) is 3.19. The number of aliphatic hydroxyl groups is 1. The predicted octanol–water partition coefficient (Wildman–Crippen LogP) is -0.869. The van der Waals surface area contributed by atoms with E-state index in [1.54, 1.807) is 0 Å². The van der Waals surface area contributed by atoms with Gasteiger partial charge in [0.1, 0.15) is 6.04 Å². The standard InChI is InChI=1S/C8H15NO5/c1-4(5(2)10)7(8(13)14)9-3-6(11)12/h4-5,7,9-10H,3H2,1-2H3,(H,11,12)(H,13,14)/t4-,5-,7-/m0/s1. The molecule has 14 heavy (non-hydrogen) atoms. The van der Waals surface area contributed by atoms with Crippen LogP contribution in [0.1, 0.15) is 13.8 Å². The van der Waals surface area contributed by atoms with Crippen LogP contribution in [0.15, 0.2) is 0 Å². The van der Waals surface area contributed by atoms with Crippen LogP contribution >= 0.6 is 0 Å². The summed E-state index contributed by atoms with van der Waals surface area (Å²) in [6.45, 7) is 2.56. The molecular formula is C8H15NO5. The summed E-state index contributed by atoms with van der Waals surface area (Å²) in [5, 5.41) is 28.6. The fraction of sp³-hybridized carbons (Fsp3) is 0.750. The molecule has 0 aliphatic rings. The minimum atomic E-state index is -1.17. The molecule has 0 fully saturated rings. The van der Waals surface area contributed by atoms with E-state index in [-0.39, 0.29) is 0 Å². The lowest BCUT2D eigenvalue weighted by atomic mass is 9.97. The topological polar surface area (TPSA) is 107 Å². The van der Waals surface area contributed by atoms with Crippen LogP contribution in [0.25, 0.3) is 0 Å². The van der Waals surface area contributed by atoms with Crippen molar-refractivity contribution in [1.82, 2.24) is 5.32 Å². The maximum Gasteiger partial charge on any atom is 0.321 e. The molecule has 0 heterocycles. The van der Waals surface area contributed by atoms with Crippen LogP contribution in [-0.4, -0.2) is 45.9 Å². The second-order valence-corrected chi connectivity index (χ2v) is 3.19. The number of aliphatic hydroxyl groups excluding tert-OH is 1. The highest BCUT2D eigenvalue weighted by Crippen LogP contribution is 2.08. The fourth-order valence-electron chi connectivity index (χ4n) is 0.974. The molecule has 82 valence electrons. The van der Waals surface area contributed by atoms with Gasteiger partial charge >= 0.3 is 11.9 Å². The van der Waals surface area contributed by atoms with Crippen LogP contribution in [0.3, 0.4) is 0 Å². The number of hydrogen-bond acceptors (Lipinski definition) is 4. The first-order valence-electron chi connectivity index (χ1n) is 4.22. The Hall–Kier alpha value is -1.14. The molecule has 0 radical (unpaired) electrons. The van der Waals surface area contributed by atoms with Gasteiger partial charge in [-0.1, -0.05) is 6.92 Å². The first-order valence-corrected chi connectivity index (χ1v) is 4.22. The van der Waals surface area contributed by atoms with Crippen LogP contribution in [-0.2, 0) is 9.59 Å². The average molecular weight is 205 g/mol. The predicted molar refractivity (Wildman–Crippen MR) is 47.9 cm³/mol. The monoisotopic (exact) mass is 205 g/mol. The van der Waals surface area contributed by atoms with E-state index in [0.717, 1.165) is 0 Å². The van der Waals surface area contributed by atoms with Gasteiger partial charge in [-0.3, -0.25) is 14.9 Å². The van der Waals surface area contributed by atoms with Gasteiger partial charge in [0, 0.05) is 5.92 Å². The molecule has 0 aliphatic carbocycles. The van der Waals surface area contributed by atoms with Gasteiger partial charge in [0.25, 0.3) is 0 Å². The highest BCUT2D eigenvalue weighted by Gasteiger charge is 2.27. The summed E-state index contributed by atoms with van der Waals surface area (Å²) >= 11 is 0. The van der Waals surface area contributed by atoms with E-state index < -0.39 is 36.5 Å². The molecular weight excluding hydrogens is 190 g/mol. The van der Waals surface area contributed by atoms with E-state index >= 15 is 0 Å². The quantitative estimate of drug-likeness (QED) is 0.449. The lowest BCUT2D eigenvalue weighted by molar-refractivity contribution is -0.142. The van der Waals surface area contributed by atoms with Crippen molar-refractivity contribution in [2.45, 2.75) is 26.0 Å². The van der Waals surface area contributed by atoms with E-state index in [4.69, 9.17) is 15.3 Å². The van der Waals surface area contributed by atoms with Gasteiger partial charge in [0.05, 0.1) is 12.6 Å². The van der Waals surface area contributed by atoms with Crippen molar-refractivity contribution in [3.8, 4) is 0 Å². The van der Waals surface area contributed by atoms with Crippen LogP contribution < -0.4 is 5.32 Å². The molecule has 0 aromatic heterocycles. The molecule has 4 N–H and O–H groups in total.